The number of alkyl halides is 3. The van der Waals surface area contributed by atoms with Gasteiger partial charge in [0.1, 0.15) is 0 Å². The Morgan fingerprint density at radius 1 is 1.20 bits per heavy atom. The molecule has 164 valence electrons. The van der Waals surface area contributed by atoms with Gasteiger partial charge in [0.15, 0.2) is 0 Å². The first-order chi connectivity index (χ1) is 13.9. The Balaban J connectivity index is 2.27. The van der Waals surface area contributed by atoms with Crippen LogP contribution in [0, 0.1) is 0 Å². The lowest BCUT2D eigenvalue weighted by atomic mass is 9.79. The van der Waals surface area contributed by atoms with Crippen LogP contribution in [0.2, 0.25) is 5.02 Å². The van der Waals surface area contributed by atoms with Crippen molar-refractivity contribution in [1.82, 2.24) is 4.90 Å². The SMILES string of the molecule is C=C/C(=C(\C=C/C)C1(O)CCN(C(=O)C(C)(C)c2ccc(Cl)cc2)CC1)C(F)(F)F. The fraction of sp³-hybridized carbons (Fsp3) is 0.435. The Hall–Kier alpha value is -2.05. The summed E-state index contributed by atoms with van der Waals surface area (Å²) in [5.41, 5.74) is -2.90. The molecule has 0 unspecified atom stereocenters. The van der Waals surface area contributed by atoms with Crippen molar-refractivity contribution < 1.29 is 23.1 Å². The number of piperidine rings is 1. The molecule has 1 aliphatic heterocycles. The van der Waals surface area contributed by atoms with Gasteiger partial charge < -0.3 is 10.0 Å². The molecule has 1 amide bonds. The van der Waals surface area contributed by atoms with Gasteiger partial charge in [-0.25, -0.2) is 0 Å². The van der Waals surface area contributed by atoms with Gasteiger partial charge in [0, 0.05) is 18.1 Å². The van der Waals surface area contributed by atoms with E-state index in [0.29, 0.717) is 5.02 Å². The Kier molecular flexibility index (Phi) is 7.25. The van der Waals surface area contributed by atoms with Crippen LogP contribution in [0.3, 0.4) is 0 Å². The van der Waals surface area contributed by atoms with Gasteiger partial charge in [-0.2, -0.15) is 13.2 Å². The van der Waals surface area contributed by atoms with Crippen molar-refractivity contribution in [3.05, 3.63) is 70.8 Å². The Labute approximate surface area is 180 Å². The van der Waals surface area contributed by atoms with Crippen LogP contribution in [0.25, 0.3) is 0 Å². The molecule has 3 nitrogen and oxygen atoms in total. The largest absolute Gasteiger partial charge is 0.416 e. The monoisotopic (exact) mass is 441 g/mol. The molecule has 30 heavy (non-hydrogen) atoms. The van der Waals surface area contributed by atoms with Crippen molar-refractivity contribution in [3.63, 3.8) is 0 Å². The van der Waals surface area contributed by atoms with Crippen LogP contribution >= 0.6 is 11.6 Å². The number of benzene rings is 1. The molecule has 0 radical (unpaired) electrons. The summed E-state index contributed by atoms with van der Waals surface area (Å²) in [6.45, 7) is 8.75. The number of carbonyl (C=O) groups excluding carboxylic acids is 1. The molecule has 1 saturated heterocycles. The molecule has 1 heterocycles. The van der Waals surface area contributed by atoms with Crippen LogP contribution in [0.4, 0.5) is 13.2 Å². The maximum atomic E-state index is 13.4. The molecule has 1 aromatic carbocycles. The van der Waals surface area contributed by atoms with Crippen LogP contribution in [-0.2, 0) is 10.2 Å². The first kappa shape index (κ1) is 24.2. The second-order valence-corrected chi connectivity index (χ2v) is 8.42. The Bertz CT molecular complexity index is 846. The van der Waals surface area contributed by atoms with Gasteiger partial charge >= 0.3 is 6.18 Å². The molecule has 1 fully saturated rings. The Morgan fingerprint density at radius 2 is 1.73 bits per heavy atom. The number of likely N-dealkylation sites (tertiary alicyclic amines) is 1. The number of allylic oxidation sites excluding steroid dienone is 3. The first-order valence-electron chi connectivity index (χ1n) is 9.71. The third-order valence-corrected chi connectivity index (χ3v) is 5.86. The van der Waals surface area contributed by atoms with Crippen molar-refractivity contribution >= 4 is 17.5 Å². The van der Waals surface area contributed by atoms with Gasteiger partial charge in [-0.3, -0.25) is 4.79 Å². The van der Waals surface area contributed by atoms with Crippen LogP contribution in [-0.4, -0.2) is 40.8 Å². The molecular formula is C23H27ClF3NO2. The summed E-state index contributed by atoms with van der Waals surface area (Å²) in [6.07, 6.45) is -1.15. The smallest absolute Gasteiger partial charge is 0.385 e. The molecular weight excluding hydrogens is 415 g/mol. The quantitative estimate of drug-likeness (QED) is 0.605. The van der Waals surface area contributed by atoms with E-state index in [4.69, 9.17) is 11.6 Å². The lowest BCUT2D eigenvalue weighted by Crippen LogP contribution is -2.52. The zero-order valence-electron chi connectivity index (χ0n) is 17.4. The van der Waals surface area contributed by atoms with Crippen molar-refractivity contribution in [3.8, 4) is 0 Å². The zero-order valence-corrected chi connectivity index (χ0v) is 18.1. The van der Waals surface area contributed by atoms with Crippen molar-refractivity contribution in [2.24, 2.45) is 0 Å². The summed E-state index contributed by atoms with van der Waals surface area (Å²) < 4.78 is 40.3. The van der Waals surface area contributed by atoms with E-state index in [9.17, 15) is 23.1 Å². The fourth-order valence-corrected chi connectivity index (χ4v) is 3.90. The fourth-order valence-electron chi connectivity index (χ4n) is 3.78. The highest BCUT2D eigenvalue weighted by Gasteiger charge is 2.44. The van der Waals surface area contributed by atoms with E-state index in [2.05, 4.69) is 6.58 Å². The minimum Gasteiger partial charge on any atom is -0.385 e. The maximum absolute atomic E-state index is 13.4. The summed E-state index contributed by atoms with van der Waals surface area (Å²) in [6, 6.07) is 6.99. The number of halogens is 4. The van der Waals surface area contributed by atoms with Crippen LogP contribution in [0.5, 0.6) is 0 Å². The predicted octanol–water partition coefficient (Wildman–Crippen LogP) is 5.59. The number of hydrogen-bond donors (Lipinski definition) is 1. The topological polar surface area (TPSA) is 40.5 Å². The van der Waals surface area contributed by atoms with Gasteiger partial charge in [0.05, 0.1) is 16.6 Å². The van der Waals surface area contributed by atoms with Crippen LogP contribution in [0.15, 0.2) is 60.2 Å². The van der Waals surface area contributed by atoms with Crippen molar-refractivity contribution in [1.29, 1.82) is 0 Å². The second kappa shape index (κ2) is 8.98. The van der Waals surface area contributed by atoms with E-state index in [1.54, 1.807) is 49.9 Å². The number of hydrogen-bond acceptors (Lipinski definition) is 2. The lowest BCUT2D eigenvalue weighted by Gasteiger charge is -2.42. The van der Waals surface area contributed by atoms with E-state index in [-0.39, 0.29) is 37.4 Å². The average Bonchev–Trinajstić information content (AvgIpc) is 2.67. The molecule has 0 spiro atoms. The highest BCUT2D eigenvalue weighted by molar-refractivity contribution is 6.30. The molecule has 0 aliphatic carbocycles. The van der Waals surface area contributed by atoms with E-state index in [0.717, 1.165) is 11.6 Å². The van der Waals surface area contributed by atoms with E-state index < -0.39 is 22.8 Å². The van der Waals surface area contributed by atoms with Crippen LogP contribution in [0.1, 0.15) is 39.2 Å². The van der Waals surface area contributed by atoms with Crippen molar-refractivity contribution in [2.45, 2.75) is 50.8 Å². The number of rotatable bonds is 5. The molecule has 0 bridgehead atoms. The highest BCUT2D eigenvalue weighted by Crippen LogP contribution is 2.39. The second-order valence-electron chi connectivity index (χ2n) is 7.98. The number of carbonyl (C=O) groups is 1. The molecule has 0 atom stereocenters. The molecule has 2 rings (SSSR count). The third kappa shape index (κ3) is 4.98. The summed E-state index contributed by atoms with van der Waals surface area (Å²) >= 11 is 5.93. The maximum Gasteiger partial charge on any atom is 0.416 e. The van der Waals surface area contributed by atoms with Gasteiger partial charge in [0.2, 0.25) is 5.91 Å². The van der Waals surface area contributed by atoms with E-state index >= 15 is 0 Å². The van der Waals surface area contributed by atoms with E-state index in [1.807, 2.05) is 0 Å². The minimum atomic E-state index is -4.63. The van der Waals surface area contributed by atoms with E-state index in [1.165, 1.54) is 12.2 Å². The minimum absolute atomic E-state index is 0.00251. The highest BCUT2D eigenvalue weighted by atomic mass is 35.5. The lowest BCUT2D eigenvalue weighted by molar-refractivity contribution is -0.139. The molecule has 1 aliphatic rings. The molecule has 1 N–H and O–H groups in total. The molecule has 7 heteroatoms. The molecule has 0 saturated carbocycles. The summed E-state index contributed by atoms with van der Waals surface area (Å²) in [5, 5.41) is 11.6. The average molecular weight is 442 g/mol. The number of nitrogens with zero attached hydrogens (tertiary/aromatic N) is 1. The van der Waals surface area contributed by atoms with Gasteiger partial charge in [-0.15, -0.1) is 0 Å². The zero-order chi connectivity index (χ0) is 22.7. The predicted molar refractivity (Wildman–Crippen MR) is 113 cm³/mol. The summed E-state index contributed by atoms with van der Waals surface area (Å²) in [7, 11) is 0. The first-order valence-corrected chi connectivity index (χ1v) is 10.1. The molecule has 1 aromatic rings. The standard InChI is InChI=1S/C23H27ClF3NO2/c1-5-7-19(18(6-2)23(25,26)27)22(30)12-14-28(15-13-22)20(29)21(3,4)16-8-10-17(24)11-9-16/h5-11,30H,2,12-15H2,1,3-4H3/b7-5-,19-18-. The van der Waals surface area contributed by atoms with Crippen LogP contribution < -0.4 is 0 Å². The van der Waals surface area contributed by atoms with Gasteiger partial charge in [-0.1, -0.05) is 48.5 Å². The number of aliphatic hydroxyl groups is 1. The summed E-state index contributed by atoms with van der Waals surface area (Å²) in [5.74, 6) is -0.150. The molecule has 0 aromatic heterocycles. The summed E-state index contributed by atoms with van der Waals surface area (Å²) in [4.78, 5) is 14.7. The third-order valence-electron chi connectivity index (χ3n) is 5.61. The number of amides is 1. The van der Waals surface area contributed by atoms with Gasteiger partial charge in [-0.05, 0) is 56.9 Å². The van der Waals surface area contributed by atoms with Crippen molar-refractivity contribution in [2.75, 3.05) is 13.1 Å². The van der Waals surface area contributed by atoms with Gasteiger partial charge in [0.25, 0.3) is 0 Å². The normalized spacial score (nSPS) is 18.3. The Morgan fingerprint density at radius 3 is 2.17 bits per heavy atom.